The highest BCUT2D eigenvalue weighted by Crippen LogP contribution is 2.28. The summed E-state index contributed by atoms with van der Waals surface area (Å²) in [7, 11) is 0. The smallest absolute Gasteiger partial charge is 0.142 e. The Balaban J connectivity index is 1.95. The zero-order valence-electron chi connectivity index (χ0n) is 11.5. The fourth-order valence-electron chi connectivity index (χ4n) is 2.45. The van der Waals surface area contributed by atoms with Crippen molar-refractivity contribution in [1.29, 1.82) is 0 Å². The Morgan fingerprint density at radius 1 is 1.33 bits per heavy atom. The van der Waals surface area contributed by atoms with Crippen molar-refractivity contribution in [2.45, 2.75) is 52.2 Å². The van der Waals surface area contributed by atoms with Gasteiger partial charge in [-0.15, -0.1) is 0 Å². The van der Waals surface area contributed by atoms with E-state index in [1.165, 1.54) is 31.2 Å². The summed E-state index contributed by atoms with van der Waals surface area (Å²) in [5, 5.41) is 3.34. The van der Waals surface area contributed by atoms with Crippen molar-refractivity contribution < 1.29 is 4.74 Å². The molecule has 1 aliphatic carbocycles. The number of nitrogens with zero attached hydrogens (tertiary/aromatic N) is 1. The first-order valence-corrected chi connectivity index (χ1v) is 7.10. The molecule has 0 aliphatic heterocycles. The van der Waals surface area contributed by atoms with Gasteiger partial charge in [0.2, 0.25) is 0 Å². The van der Waals surface area contributed by atoms with Gasteiger partial charge in [-0.3, -0.25) is 4.98 Å². The average Bonchev–Trinajstić information content (AvgIpc) is 2.40. The highest BCUT2D eigenvalue weighted by Gasteiger charge is 2.20. The number of aromatic nitrogens is 1. The number of rotatable bonds is 5. The maximum atomic E-state index is 6.13. The van der Waals surface area contributed by atoms with E-state index in [-0.39, 0.29) is 0 Å². The molecule has 3 heteroatoms. The molecule has 0 aromatic carbocycles. The summed E-state index contributed by atoms with van der Waals surface area (Å²) in [6, 6.07) is 2.05. The third kappa shape index (κ3) is 3.70. The fraction of sp³-hybridized carbons (Fsp3) is 0.667. The van der Waals surface area contributed by atoms with Gasteiger partial charge >= 0.3 is 0 Å². The molecule has 0 atom stereocenters. The van der Waals surface area contributed by atoms with Crippen LogP contribution >= 0.6 is 0 Å². The molecule has 0 spiro atoms. The van der Waals surface area contributed by atoms with Gasteiger partial charge in [-0.1, -0.05) is 13.8 Å². The molecule has 0 radical (unpaired) electrons. The summed E-state index contributed by atoms with van der Waals surface area (Å²) in [5.41, 5.74) is 1.21. The standard InChI is InChI=1S/C15H24N2O/c1-3-16-10-13-8-9-17-11-15(13)18-14-6-4-12(2)5-7-14/h8-9,11-12,14,16H,3-7,10H2,1-2H3. The van der Waals surface area contributed by atoms with Crippen LogP contribution in [0.2, 0.25) is 0 Å². The lowest BCUT2D eigenvalue weighted by molar-refractivity contribution is 0.133. The third-order valence-corrected chi connectivity index (χ3v) is 3.69. The molecule has 1 aromatic rings. The molecule has 0 amide bonds. The van der Waals surface area contributed by atoms with E-state index in [0.29, 0.717) is 6.10 Å². The van der Waals surface area contributed by atoms with E-state index in [4.69, 9.17) is 4.74 Å². The predicted molar refractivity (Wildman–Crippen MR) is 73.7 cm³/mol. The monoisotopic (exact) mass is 248 g/mol. The van der Waals surface area contributed by atoms with Gasteiger partial charge in [-0.25, -0.2) is 0 Å². The van der Waals surface area contributed by atoms with Gasteiger partial charge in [0, 0.05) is 18.3 Å². The van der Waals surface area contributed by atoms with Gasteiger partial charge < -0.3 is 10.1 Å². The zero-order chi connectivity index (χ0) is 12.8. The summed E-state index contributed by atoms with van der Waals surface area (Å²) < 4.78 is 6.13. The minimum atomic E-state index is 0.380. The Morgan fingerprint density at radius 3 is 2.83 bits per heavy atom. The molecule has 1 N–H and O–H groups in total. The number of hydrogen-bond donors (Lipinski definition) is 1. The Bertz CT molecular complexity index is 359. The molecule has 1 aromatic heterocycles. The van der Waals surface area contributed by atoms with Crippen molar-refractivity contribution >= 4 is 0 Å². The summed E-state index contributed by atoms with van der Waals surface area (Å²) >= 11 is 0. The van der Waals surface area contributed by atoms with Gasteiger partial charge in [0.1, 0.15) is 5.75 Å². The molecule has 0 saturated heterocycles. The Hall–Kier alpha value is -1.09. The number of nitrogens with one attached hydrogen (secondary N) is 1. The summed E-state index contributed by atoms with van der Waals surface area (Å²) in [6.45, 7) is 6.28. The van der Waals surface area contributed by atoms with Crippen LogP contribution in [0, 0.1) is 5.92 Å². The Labute approximate surface area is 110 Å². The van der Waals surface area contributed by atoms with Crippen LogP contribution in [0.4, 0.5) is 0 Å². The van der Waals surface area contributed by atoms with Crippen molar-refractivity contribution in [2.24, 2.45) is 5.92 Å². The summed E-state index contributed by atoms with van der Waals surface area (Å²) in [5.74, 6) is 1.82. The molecular weight excluding hydrogens is 224 g/mol. The quantitative estimate of drug-likeness (QED) is 0.869. The van der Waals surface area contributed by atoms with Crippen molar-refractivity contribution in [2.75, 3.05) is 6.54 Å². The molecule has 1 heterocycles. The Kier molecular flexibility index (Phi) is 5.00. The van der Waals surface area contributed by atoms with Gasteiger partial charge in [-0.05, 0) is 44.2 Å². The van der Waals surface area contributed by atoms with Gasteiger partial charge in [0.25, 0.3) is 0 Å². The van der Waals surface area contributed by atoms with Crippen LogP contribution in [0.3, 0.4) is 0 Å². The predicted octanol–water partition coefficient (Wildman–Crippen LogP) is 3.15. The number of ether oxygens (including phenoxy) is 1. The second-order valence-electron chi connectivity index (χ2n) is 5.26. The van der Waals surface area contributed by atoms with Gasteiger partial charge in [-0.2, -0.15) is 0 Å². The van der Waals surface area contributed by atoms with Crippen molar-refractivity contribution in [3.8, 4) is 5.75 Å². The van der Waals surface area contributed by atoms with Crippen LogP contribution in [-0.4, -0.2) is 17.6 Å². The topological polar surface area (TPSA) is 34.2 Å². The average molecular weight is 248 g/mol. The largest absolute Gasteiger partial charge is 0.488 e. The van der Waals surface area contributed by atoms with E-state index in [9.17, 15) is 0 Å². The molecule has 3 nitrogen and oxygen atoms in total. The zero-order valence-corrected chi connectivity index (χ0v) is 11.5. The van der Waals surface area contributed by atoms with Crippen LogP contribution in [0.1, 0.15) is 45.1 Å². The lowest BCUT2D eigenvalue weighted by atomic mass is 9.89. The normalized spacial score (nSPS) is 23.9. The second kappa shape index (κ2) is 6.74. The first-order valence-electron chi connectivity index (χ1n) is 7.10. The van der Waals surface area contributed by atoms with E-state index in [2.05, 4.69) is 24.1 Å². The van der Waals surface area contributed by atoms with E-state index >= 15 is 0 Å². The van der Waals surface area contributed by atoms with Crippen molar-refractivity contribution in [3.05, 3.63) is 24.0 Å². The van der Waals surface area contributed by atoms with Crippen LogP contribution in [0.5, 0.6) is 5.75 Å². The van der Waals surface area contributed by atoms with Gasteiger partial charge in [0.15, 0.2) is 0 Å². The van der Waals surface area contributed by atoms with Crippen LogP contribution in [0.15, 0.2) is 18.5 Å². The highest BCUT2D eigenvalue weighted by atomic mass is 16.5. The molecule has 1 saturated carbocycles. The Morgan fingerprint density at radius 2 is 2.11 bits per heavy atom. The van der Waals surface area contributed by atoms with Crippen molar-refractivity contribution in [1.82, 2.24) is 10.3 Å². The maximum Gasteiger partial charge on any atom is 0.142 e. The minimum Gasteiger partial charge on any atom is -0.488 e. The third-order valence-electron chi connectivity index (χ3n) is 3.69. The van der Waals surface area contributed by atoms with E-state index in [1.54, 1.807) is 0 Å². The van der Waals surface area contributed by atoms with E-state index in [0.717, 1.165) is 24.8 Å². The first-order chi connectivity index (χ1) is 8.79. The van der Waals surface area contributed by atoms with E-state index < -0.39 is 0 Å². The molecule has 1 aliphatic rings. The van der Waals surface area contributed by atoms with Crippen LogP contribution in [-0.2, 0) is 6.54 Å². The molecule has 0 unspecified atom stereocenters. The highest BCUT2D eigenvalue weighted by molar-refractivity contribution is 5.29. The second-order valence-corrected chi connectivity index (χ2v) is 5.26. The lowest BCUT2D eigenvalue weighted by Gasteiger charge is -2.27. The minimum absolute atomic E-state index is 0.380. The number of hydrogen-bond acceptors (Lipinski definition) is 3. The van der Waals surface area contributed by atoms with Crippen molar-refractivity contribution in [3.63, 3.8) is 0 Å². The molecule has 2 rings (SSSR count). The molecule has 100 valence electrons. The van der Waals surface area contributed by atoms with Crippen LogP contribution in [0.25, 0.3) is 0 Å². The maximum absolute atomic E-state index is 6.13. The summed E-state index contributed by atoms with van der Waals surface area (Å²) in [6.07, 6.45) is 8.99. The van der Waals surface area contributed by atoms with Gasteiger partial charge in [0.05, 0.1) is 12.3 Å². The first kappa shape index (κ1) is 13.3. The summed E-state index contributed by atoms with van der Waals surface area (Å²) in [4.78, 5) is 4.18. The van der Waals surface area contributed by atoms with Crippen LogP contribution < -0.4 is 10.1 Å². The molecule has 1 fully saturated rings. The lowest BCUT2D eigenvalue weighted by Crippen LogP contribution is -2.24. The van der Waals surface area contributed by atoms with E-state index in [1.807, 2.05) is 18.5 Å². The molecule has 18 heavy (non-hydrogen) atoms. The fourth-order valence-corrected chi connectivity index (χ4v) is 2.45. The molecule has 0 bridgehead atoms. The SMILES string of the molecule is CCNCc1ccncc1OC1CCC(C)CC1. The molecular formula is C15H24N2O. The number of pyridine rings is 1.